The maximum atomic E-state index is 12.7. The largest absolute Gasteiger partial charge is 0.516 e. The second-order valence-electron chi connectivity index (χ2n) is 5.52. The molecule has 0 saturated heterocycles. The Morgan fingerprint density at radius 3 is 2.00 bits per heavy atom. The Labute approximate surface area is 108 Å². The van der Waals surface area contributed by atoms with Gasteiger partial charge in [-0.05, 0) is 33.6 Å². The summed E-state index contributed by atoms with van der Waals surface area (Å²) in [6.07, 6.45) is -6.45. The molecule has 8 heteroatoms. The Morgan fingerprint density at radius 2 is 1.68 bits per heavy atom. The van der Waals surface area contributed by atoms with Crippen LogP contribution in [0.5, 0.6) is 0 Å². The molecule has 0 heterocycles. The lowest BCUT2D eigenvalue weighted by molar-refractivity contribution is -0.199. The molecule has 1 aliphatic carbocycles. The molecular formula is C11H16F3NO4. The van der Waals surface area contributed by atoms with Crippen molar-refractivity contribution in [2.45, 2.75) is 51.4 Å². The summed E-state index contributed by atoms with van der Waals surface area (Å²) in [7, 11) is 0. The lowest BCUT2D eigenvalue weighted by atomic mass is 9.97. The minimum absolute atomic E-state index is 0.249. The smallest absolute Gasteiger partial charge is 0.428 e. The standard InChI is InChI=1S/C11H16F3NO4/c1-9(2,3)19-8(17)18-7(16)6(15)10(4-5-10)11(12,13)14/h6H,4-5,15H2,1-3H3. The molecule has 2 N–H and O–H groups in total. The number of esters is 1. The minimum Gasteiger partial charge on any atom is -0.428 e. The number of carbonyl (C=O) groups excluding carboxylic acids is 2. The zero-order valence-electron chi connectivity index (χ0n) is 10.8. The van der Waals surface area contributed by atoms with Crippen molar-refractivity contribution in [3.8, 4) is 0 Å². The monoisotopic (exact) mass is 283 g/mol. The molecule has 5 nitrogen and oxygen atoms in total. The minimum atomic E-state index is -4.60. The molecule has 0 amide bonds. The topological polar surface area (TPSA) is 78.6 Å². The average molecular weight is 283 g/mol. The normalized spacial score (nSPS) is 19.5. The molecular weight excluding hydrogens is 267 g/mol. The fraction of sp³-hybridized carbons (Fsp3) is 0.818. The number of ether oxygens (including phenoxy) is 2. The molecule has 1 atom stereocenters. The highest BCUT2D eigenvalue weighted by molar-refractivity contribution is 5.86. The van der Waals surface area contributed by atoms with Crippen LogP contribution < -0.4 is 5.73 Å². The zero-order chi connectivity index (χ0) is 15.1. The van der Waals surface area contributed by atoms with Crippen LogP contribution in [0.15, 0.2) is 0 Å². The van der Waals surface area contributed by atoms with Gasteiger partial charge in [-0.25, -0.2) is 9.59 Å². The van der Waals surface area contributed by atoms with E-state index in [0.29, 0.717) is 0 Å². The fourth-order valence-corrected chi connectivity index (χ4v) is 1.55. The predicted molar refractivity (Wildman–Crippen MR) is 58.0 cm³/mol. The Balaban J connectivity index is 2.63. The molecule has 110 valence electrons. The van der Waals surface area contributed by atoms with E-state index in [4.69, 9.17) is 5.73 Å². The summed E-state index contributed by atoms with van der Waals surface area (Å²) >= 11 is 0. The van der Waals surface area contributed by atoms with Gasteiger partial charge in [0, 0.05) is 0 Å². The molecule has 0 aromatic carbocycles. The highest BCUT2D eigenvalue weighted by Crippen LogP contribution is 2.59. The Kier molecular flexibility index (Phi) is 3.86. The van der Waals surface area contributed by atoms with Gasteiger partial charge < -0.3 is 15.2 Å². The number of hydrogen-bond acceptors (Lipinski definition) is 5. The van der Waals surface area contributed by atoms with Crippen LogP contribution in [0.25, 0.3) is 0 Å². The summed E-state index contributed by atoms with van der Waals surface area (Å²) in [5.74, 6) is -1.43. The molecule has 0 bridgehead atoms. The van der Waals surface area contributed by atoms with E-state index >= 15 is 0 Å². The summed E-state index contributed by atoms with van der Waals surface area (Å²) in [5.41, 5.74) is 2.07. The van der Waals surface area contributed by atoms with E-state index < -0.39 is 35.4 Å². The number of alkyl halides is 3. The summed E-state index contributed by atoms with van der Waals surface area (Å²) in [5, 5.41) is 0. The van der Waals surface area contributed by atoms with Crippen LogP contribution in [-0.2, 0) is 14.3 Å². The lowest BCUT2D eigenvalue weighted by Crippen LogP contribution is -2.48. The molecule has 19 heavy (non-hydrogen) atoms. The predicted octanol–water partition coefficient (Wildman–Crippen LogP) is 2.13. The fourth-order valence-electron chi connectivity index (χ4n) is 1.55. The van der Waals surface area contributed by atoms with Crippen LogP contribution in [0, 0.1) is 5.41 Å². The van der Waals surface area contributed by atoms with Crippen molar-refractivity contribution in [1.29, 1.82) is 0 Å². The second-order valence-corrected chi connectivity index (χ2v) is 5.52. The van der Waals surface area contributed by atoms with Gasteiger partial charge in [0.15, 0.2) is 0 Å². The van der Waals surface area contributed by atoms with Crippen LogP contribution in [0.2, 0.25) is 0 Å². The number of hydrogen-bond donors (Lipinski definition) is 1. The van der Waals surface area contributed by atoms with Gasteiger partial charge in [0.25, 0.3) is 0 Å². The third kappa shape index (κ3) is 3.59. The zero-order valence-corrected chi connectivity index (χ0v) is 10.8. The van der Waals surface area contributed by atoms with Gasteiger partial charge in [0.05, 0.1) is 5.41 Å². The first-order valence-corrected chi connectivity index (χ1v) is 5.66. The summed E-state index contributed by atoms with van der Waals surface area (Å²) in [6.45, 7) is 4.57. The highest BCUT2D eigenvalue weighted by Gasteiger charge is 2.68. The number of nitrogens with two attached hydrogens (primary N) is 1. The number of rotatable bonds is 2. The SMILES string of the molecule is CC(C)(C)OC(=O)OC(=O)C(N)C1(C(F)(F)F)CC1. The molecule has 1 rings (SSSR count). The van der Waals surface area contributed by atoms with Crippen LogP contribution in [0.1, 0.15) is 33.6 Å². The quantitative estimate of drug-likeness (QED) is 0.620. The molecule has 0 aromatic rings. The first-order chi connectivity index (χ1) is 8.39. The van der Waals surface area contributed by atoms with Gasteiger partial charge in [-0.15, -0.1) is 0 Å². The van der Waals surface area contributed by atoms with Gasteiger partial charge in [0.1, 0.15) is 11.6 Å². The van der Waals surface area contributed by atoms with Gasteiger partial charge in [0.2, 0.25) is 0 Å². The molecule has 0 radical (unpaired) electrons. The Hall–Kier alpha value is -1.31. The second kappa shape index (κ2) is 4.66. The number of halogens is 3. The van der Waals surface area contributed by atoms with Crippen LogP contribution >= 0.6 is 0 Å². The molecule has 0 aromatic heterocycles. The van der Waals surface area contributed by atoms with Gasteiger partial charge in [-0.3, -0.25) is 0 Å². The third-order valence-electron chi connectivity index (χ3n) is 2.78. The van der Waals surface area contributed by atoms with E-state index in [1.54, 1.807) is 0 Å². The van der Waals surface area contributed by atoms with Crippen LogP contribution in [0.3, 0.4) is 0 Å². The molecule has 0 spiro atoms. The summed E-state index contributed by atoms with van der Waals surface area (Å²) in [4.78, 5) is 22.6. The number of carbonyl (C=O) groups is 2. The molecule has 0 aliphatic heterocycles. The van der Waals surface area contributed by atoms with Crippen molar-refractivity contribution in [1.82, 2.24) is 0 Å². The van der Waals surface area contributed by atoms with Crippen molar-refractivity contribution in [3.63, 3.8) is 0 Å². The van der Waals surface area contributed by atoms with E-state index in [1.165, 1.54) is 20.8 Å². The van der Waals surface area contributed by atoms with Crippen molar-refractivity contribution in [3.05, 3.63) is 0 Å². The molecule has 1 fully saturated rings. The Bertz CT molecular complexity index is 382. The van der Waals surface area contributed by atoms with E-state index in [2.05, 4.69) is 9.47 Å². The average Bonchev–Trinajstić information content (AvgIpc) is 2.91. The van der Waals surface area contributed by atoms with Crippen LogP contribution in [-0.4, -0.2) is 29.9 Å². The maximum Gasteiger partial charge on any atom is 0.516 e. The van der Waals surface area contributed by atoms with E-state index in [9.17, 15) is 22.8 Å². The first-order valence-electron chi connectivity index (χ1n) is 5.66. The third-order valence-corrected chi connectivity index (χ3v) is 2.78. The van der Waals surface area contributed by atoms with E-state index in [-0.39, 0.29) is 12.8 Å². The molecule has 1 unspecified atom stereocenters. The van der Waals surface area contributed by atoms with Crippen molar-refractivity contribution >= 4 is 12.1 Å². The summed E-state index contributed by atoms with van der Waals surface area (Å²) < 4.78 is 47.0. The molecule has 1 aliphatic rings. The lowest BCUT2D eigenvalue weighted by Gasteiger charge is -2.24. The van der Waals surface area contributed by atoms with Gasteiger partial charge >= 0.3 is 18.3 Å². The van der Waals surface area contributed by atoms with E-state index in [0.717, 1.165) is 0 Å². The Morgan fingerprint density at radius 1 is 1.21 bits per heavy atom. The van der Waals surface area contributed by atoms with Crippen molar-refractivity contribution < 1.29 is 32.2 Å². The van der Waals surface area contributed by atoms with Gasteiger partial charge in [-0.2, -0.15) is 13.2 Å². The van der Waals surface area contributed by atoms with Crippen molar-refractivity contribution in [2.75, 3.05) is 0 Å². The van der Waals surface area contributed by atoms with Crippen LogP contribution in [0.4, 0.5) is 18.0 Å². The van der Waals surface area contributed by atoms with Crippen molar-refractivity contribution in [2.24, 2.45) is 11.1 Å². The summed E-state index contributed by atoms with van der Waals surface area (Å²) in [6, 6.07) is -1.92. The van der Waals surface area contributed by atoms with Gasteiger partial charge in [-0.1, -0.05) is 0 Å². The van der Waals surface area contributed by atoms with E-state index in [1.807, 2.05) is 0 Å². The highest BCUT2D eigenvalue weighted by atomic mass is 19.4. The maximum absolute atomic E-state index is 12.7. The molecule has 1 saturated carbocycles. The first kappa shape index (κ1) is 15.7.